The molecule has 1 aromatic heterocycles. The van der Waals surface area contributed by atoms with E-state index in [4.69, 9.17) is 17.3 Å². The van der Waals surface area contributed by atoms with Gasteiger partial charge in [-0.05, 0) is 42.5 Å². The van der Waals surface area contributed by atoms with Crippen LogP contribution in [0, 0.1) is 0 Å². The van der Waals surface area contributed by atoms with Gasteiger partial charge in [-0.1, -0.05) is 11.6 Å². The smallest absolute Gasteiger partial charge is 0.387 e. The van der Waals surface area contributed by atoms with Gasteiger partial charge in [0.25, 0.3) is 0 Å². The van der Waals surface area contributed by atoms with Gasteiger partial charge < -0.3 is 10.5 Å². The highest BCUT2D eigenvalue weighted by Crippen LogP contribution is 2.26. The summed E-state index contributed by atoms with van der Waals surface area (Å²) < 4.78 is 30.3. The van der Waals surface area contributed by atoms with Crippen molar-refractivity contribution in [1.29, 1.82) is 0 Å². The van der Waals surface area contributed by atoms with E-state index in [0.717, 1.165) is 5.52 Å². The molecule has 0 bridgehead atoms. The van der Waals surface area contributed by atoms with E-state index in [1.165, 1.54) is 12.1 Å². The third-order valence-corrected chi connectivity index (χ3v) is 3.20. The van der Waals surface area contributed by atoms with Crippen LogP contribution in [0.5, 0.6) is 5.75 Å². The molecule has 7 heteroatoms. The second-order valence-corrected chi connectivity index (χ2v) is 4.75. The standard InChI is InChI=1S/C14H10ClF2N3O/c15-8-1-6-12-11(7-8)19-14(18)20(12)9-2-4-10(5-3-9)21-13(16)17/h1-7,13H,(H2,18,19). The Morgan fingerprint density at radius 1 is 1.14 bits per heavy atom. The minimum Gasteiger partial charge on any atom is -0.435 e. The van der Waals surface area contributed by atoms with Crippen molar-refractivity contribution in [3.8, 4) is 11.4 Å². The molecular weight excluding hydrogens is 300 g/mol. The van der Waals surface area contributed by atoms with Gasteiger partial charge in [0.15, 0.2) is 0 Å². The van der Waals surface area contributed by atoms with Gasteiger partial charge in [0.1, 0.15) is 5.75 Å². The van der Waals surface area contributed by atoms with Crippen molar-refractivity contribution in [1.82, 2.24) is 9.55 Å². The number of nitrogens with two attached hydrogens (primary N) is 1. The minimum atomic E-state index is -2.85. The van der Waals surface area contributed by atoms with Crippen molar-refractivity contribution >= 4 is 28.6 Å². The van der Waals surface area contributed by atoms with E-state index in [-0.39, 0.29) is 11.7 Å². The number of anilines is 1. The third kappa shape index (κ3) is 2.62. The molecule has 2 aromatic carbocycles. The fourth-order valence-electron chi connectivity index (χ4n) is 2.12. The highest BCUT2D eigenvalue weighted by atomic mass is 35.5. The fraction of sp³-hybridized carbons (Fsp3) is 0.0714. The molecule has 3 rings (SSSR count). The Kier molecular flexibility index (Phi) is 3.39. The Balaban J connectivity index is 2.05. The molecule has 0 aliphatic heterocycles. The summed E-state index contributed by atoms with van der Waals surface area (Å²) >= 11 is 5.92. The lowest BCUT2D eigenvalue weighted by Crippen LogP contribution is -2.03. The quantitative estimate of drug-likeness (QED) is 0.799. The number of aromatic nitrogens is 2. The Morgan fingerprint density at radius 3 is 2.52 bits per heavy atom. The van der Waals surface area contributed by atoms with Crippen molar-refractivity contribution in [3.05, 3.63) is 47.5 Å². The largest absolute Gasteiger partial charge is 0.435 e. The minimum absolute atomic E-state index is 0.0831. The van der Waals surface area contributed by atoms with Gasteiger partial charge >= 0.3 is 6.61 Å². The zero-order valence-electron chi connectivity index (χ0n) is 10.6. The van der Waals surface area contributed by atoms with Gasteiger partial charge in [0.2, 0.25) is 5.95 Å². The van der Waals surface area contributed by atoms with E-state index in [0.29, 0.717) is 16.2 Å². The number of hydrogen-bond donors (Lipinski definition) is 1. The first-order valence-corrected chi connectivity index (χ1v) is 6.41. The molecule has 0 aliphatic carbocycles. The van der Waals surface area contributed by atoms with E-state index in [1.54, 1.807) is 34.9 Å². The SMILES string of the molecule is Nc1nc2cc(Cl)ccc2n1-c1ccc(OC(F)F)cc1. The normalized spacial score (nSPS) is 11.2. The first-order chi connectivity index (χ1) is 10.0. The van der Waals surface area contributed by atoms with Crippen molar-refractivity contribution < 1.29 is 13.5 Å². The number of fused-ring (bicyclic) bond motifs is 1. The number of halogens is 3. The number of benzene rings is 2. The summed E-state index contributed by atoms with van der Waals surface area (Å²) in [4.78, 5) is 4.23. The van der Waals surface area contributed by atoms with Crippen molar-refractivity contribution in [3.63, 3.8) is 0 Å². The maximum atomic E-state index is 12.1. The molecule has 21 heavy (non-hydrogen) atoms. The maximum absolute atomic E-state index is 12.1. The van der Waals surface area contributed by atoms with Gasteiger partial charge in [-0.3, -0.25) is 4.57 Å². The van der Waals surface area contributed by atoms with Crippen molar-refractivity contribution in [2.75, 3.05) is 5.73 Å². The third-order valence-electron chi connectivity index (χ3n) is 2.96. The van der Waals surface area contributed by atoms with Gasteiger partial charge in [0.05, 0.1) is 11.0 Å². The first kappa shape index (κ1) is 13.6. The van der Waals surface area contributed by atoms with Gasteiger partial charge in [0, 0.05) is 10.7 Å². The molecule has 0 saturated carbocycles. The van der Waals surface area contributed by atoms with Crippen molar-refractivity contribution in [2.45, 2.75) is 6.61 Å². The van der Waals surface area contributed by atoms with Crippen LogP contribution in [0.15, 0.2) is 42.5 Å². The van der Waals surface area contributed by atoms with Crippen LogP contribution in [0.4, 0.5) is 14.7 Å². The number of hydrogen-bond acceptors (Lipinski definition) is 3. The Labute approximate surface area is 123 Å². The van der Waals surface area contributed by atoms with Gasteiger partial charge in [-0.2, -0.15) is 8.78 Å². The highest BCUT2D eigenvalue weighted by Gasteiger charge is 2.11. The molecule has 0 fully saturated rings. The predicted molar refractivity (Wildman–Crippen MR) is 77.1 cm³/mol. The van der Waals surface area contributed by atoms with Crippen LogP contribution in [0.2, 0.25) is 5.02 Å². The summed E-state index contributed by atoms with van der Waals surface area (Å²) in [5, 5.41) is 0.563. The van der Waals surface area contributed by atoms with E-state index < -0.39 is 6.61 Å². The zero-order chi connectivity index (χ0) is 15.0. The number of nitrogen functional groups attached to an aromatic ring is 1. The molecule has 0 aliphatic rings. The highest BCUT2D eigenvalue weighted by molar-refractivity contribution is 6.31. The zero-order valence-corrected chi connectivity index (χ0v) is 11.4. The number of imidazole rings is 1. The van der Waals surface area contributed by atoms with Gasteiger partial charge in [-0.15, -0.1) is 0 Å². The topological polar surface area (TPSA) is 53.1 Å². The number of rotatable bonds is 3. The lowest BCUT2D eigenvalue weighted by Gasteiger charge is -2.08. The number of ether oxygens (including phenoxy) is 1. The summed E-state index contributed by atoms with van der Waals surface area (Å²) in [7, 11) is 0. The van der Waals surface area contributed by atoms with Crippen LogP contribution in [0.25, 0.3) is 16.7 Å². The van der Waals surface area contributed by atoms with Crippen LogP contribution < -0.4 is 10.5 Å². The van der Waals surface area contributed by atoms with Crippen LogP contribution in [0.1, 0.15) is 0 Å². The summed E-state index contributed by atoms with van der Waals surface area (Å²) in [6.07, 6.45) is 0. The van der Waals surface area contributed by atoms with Crippen LogP contribution in [0.3, 0.4) is 0 Å². The molecule has 0 unspecified atom stereocenters. The summed E-state index contributed by atoms with van der Waals surface area (Å²) in [6, 6.07) is 11.4. The predicted octanol–water partition coefficient (Wildman–Crippen LogP) is 3.86. The molecule has 0 atom stereocenters. The molecule has 0 spiro atoms. The summed E-state index contributed by atoms with van der Waals surface area (Å²) in [5.41, 5.74) is 8.04. The lowest BCUT2D eigenvalue weighted by atomic mass is 10.2. The maximum Gasteiger partial charge on any atom is 0.387 e. The molecule has 0 radical (unpaired) electrons. The van der Waals surface area contributed by atoms with Crippen LogP contribution >= 0.6 is 11.6 Å². The van der Waals surface area contributed by atoms with Crippen LogP contribution in [-0.4, -0.2) is 16.2 Å². The van der Waals surface area contributed by atoms with E-state index in [2.05, 4.69) is 9.72 Å². The molecule has 0 amide bonds. The van der Waals surface area contributed by atoms with Gasteiger partial charge in [-0.25, -0.2) is 4.98 Å². The number of nitrogens with zero attached hydrogens (tertiary/aromatic N) is 2. The molecular formula is C14H10ClF2N3O. The lowest BCUT2D eigenvalue weighted by molar-refractivity contribution is -0.0498. The second kappa shape index (κ2) is 5.21. The average molecular weight is 310 g/mol. The Bertz CT molecular complexity index is 787. The molecule has 0 saturated heterocycles. The fourth-order valence-corrected chi connectivity index (χ4v) is 2.29. The van der Waals surface area contributed by atoms with E-state index >= 15 is 0 Å². The van der Waals surface area contributed by atoms with E-state index in [9.17, 15) is 8.78 Å². The van der Waals surface area contributed by atoms with Crippen LogP contribution in [-0.2, 0) is 0 Å². The molecule has 2 N–H and O–H groups in total. The van der Waals surface area contributed by atoms with E-state index in [1.807, 2.05) is 0 Å². The molecule has 4 nitrogen and oxygen atoms in total. The molecule has 3 aromatic rings. The Morgan fingerprint density at radius 2 is 1.86 bits per heavy atom. The summed E-state index contributed by atoms with van der Waals surface area (Å²) in [5.74, 6) is 0.370. The summed E-state index contributed by atoms with van der Waals surface area (Å²) in [6.45, 7) is -2.85. The first-order valence-electron chi connectivity index (χ1n) is 6.03. The monoisotopic (exact) mass is 309 g/mol. The van der Waals surface area contributed by atoms with Crippen molar-refractivity contribution in [2.24, 2.45) is 0 Å². The number of alkyl halides is 2. The molecule has 108 valence electrons. The second-order valence-electron chi connectivity index (χ2n) is 4.31. The Hall–Kier alpha value is -2.34. The molecule has 1 heterocycles. The average Bonchev–Trinajstić information content (AvgIpc) is 2.74.